The molecule has 1 N–H and O–H groups in total. The molecule has 25 heavy (non-hydrogen) atoms. The highest BCUT2D eigenvalue weighted by atomic mass is 16.5. The first-order valence-corrected chi connectivity index (χ1v) is 8.05. The summed E-state index contributed by atoms with van der Waals surface area (Å²) in [6.45, 7) is 4.36. The monoisotopic (exact) mass is 341 g/mol. The topological polar surface area (TPSA) is 84.5 Å². The van der Waals surface area contributed by atoms with Crippen molar-refractivity contribution in [3.63, 3.8) is 0 Å². The number of aromatic nitrogens is 2. The van der Waals surface area contributed by atoms with Crippen molar-refractivity contribution in [2.45, 2.75) is 13.8 Å². The number of ether oxygens (including phenoxy) is 2. The van der Waals surface area contributed by atoms with Crippen LogP contribution in [-0.4, -0.2) is 46.8 Å². The van der Waals surface area contributed by atoms with E-state index in [2.05, 4.69) is 9.97 Å². The van der Waals surface area contributed by atoms with Crippen molar-refractivity contribution in [3.8, 4) is 0 Å². The van der Waals surface area contributed by atoms with Crippen LogP contribution in [0.15, 0.2) is 41.7 Å². The lowest BCUT2D eigenvalue weighted by Gasteiger charge is -2.17. The molecule has 2 aromatic heterocycles. The molecule has 0 saturated heterocycles. The number of fused-ring (bicyclic) bond motifs is 1. The van der Waals surface area contributed by atoms with Crippen LogP contribution in [0.4, 0.5) is 0 Å². The van der Waals surface area contributed by atoms with Gasteiger partial charge in [-0.15, -0.1) is 0 Å². The lowest BCUT2D eigenvalue weighted by Crippen LogP contribution is -2.22. The van der Waals surface area contributed by atoms with Gasteiger partial charge < -0.3 is 19.4 Å². The lowest BCUT2D eigenvalue weighted by atomic mass is 10.1. The van der Waals surface area contributed by atoms with Crippen LogP contribution in [0.2, 0.25) is 0 Å². The van der Waals surface area contributed by atoms with E-state index in [0.29, 0.717) is 12.2 Å². The number of H-pyrrole nitrogens is 1. The second-order valence-electron chi connectivity index (χ2n) is 5.50. The SMILES string of the molecule is CCOC(=O)C1=C(N(C)CC)OC(=Cc2c[nH]c3ncccc23)C1=O. The highest BCUT2D eigenvalue weighted by Crippen LogP contribution is 2.30. The van der Waals surface area contributed by atoms with Gasteiger partial charge in [0.1, 0.15) is 5.65 Å². The average molecular weight is 341 g/mol. The molecule has 1 aliphatic rings. The summed E-state index contributed by atoms with van der Waals surface area (Å²) in [5.74, 6) is -0.850. The van der Waals surface area contributed by atoms with Gasteiger partial charge in [-0.1, -0.05) is 0 Å². The summed E-state index contributed by atoms with van der Waals surface area (Å²) in [7, 11) is 1.75. The number of hydrogen-bond donors (Lipinski definition) is 1. The third-order valence-corrected chi connectivity index (χ3v) is 3.94. The molecule has 7 heteroatoms. The van der Waals surface area contributed by atoms with E-state index in [1.54, 1.807) is 37.3 Å². The van der Waals surface area contributed by atoms with Crippen molar-refractivity contribution in [1.29, 1.82) is 0 Å². The van der Waals surface area contributed by atoms with Gasteiger partial charge in [-0.25, -0.2) is 9.78 Å². The lowest BCUT2D eigenvalue weighted by molar-refractivity contribution is -0.139. The third-order valence-electron chi connectivity index (χ3n) is 3.94. The fourth-order valence-electron chi connectivity index (χ4n) is 2.55. The van der Waals surface area contributed by atoms with Crippen molar-refractivity contribution < 1.29 is 19.1 Å². The molecule has 3 heterocycles. The fourth-order valence-corrected chi connectivity index (χ4v) is 2.55. The zero-order valence-electron chi connectivity index (χ0n) is 14.3. The number of aromatic amines is 1. The molecule has 0 amide bonds. The van der Waals surface area contributed by atoms with Gasteiger partial charge in [-0.2, -0.15) is 0 Å². The standard InChI is InChI=1S/C18H19N3O4/c1-4-21(3)17-14(18(23)24-5-2)15(22)13(25-17)9-11-10-20-16-12(11)7-6-8-19-16/h6-10H,4-5H2,1-3H3,(H,19,20). The third kappa shape index (κ3) is 3.00. The summed E-state index contributed by atoms with van der Waals surface area (Å²) < 4.78 is 10.7. The van der Waals surface area contributed by atoms with Gasteiger partial charge in [0.2, 0.25) is 11.7 Å². The Morgan fingerprint density at radius 3 is 2.96 bits per heavy atom. The Labute approximate surface area is 144 Å². The van der Waals surface area contributed by atoms with Crippen LogP contribution in [0, 0.1) is 0 Å². The number of carbonyl (C=O) groups is 2. The minimum atomic E-state index is -0.674. The zero-order valence-corrected chi connectivity index (χ0v) is 14.3. The van der Waals surface area contributed by atoms with Gasteiger partial charge in [-0.05, 0) is 32.1 Å². The van der Waals surface area contributed by atoms with E-state index in [0.717, 1.165) is 10.9 Å². The number of ketones is 1. The predicted octanol–water partition coefficient (Wildman–Crippen LogP) is 2.23. The van der Waals surface area contributed by atoms with Crippen LogP contribution >= 0.6 is 0 Å². The molecule has 0 spiro atoms. The van der Waals surface area contributed by atoms with Crippen LogP contribution < -0.4 is 0 Å². The molecule has 2 aromatic rings. The van der Waals surface area contributed by atoms with Crippen molar-refractivity contribution in [1.82, 2.24) is 14.9 Å². The van der Waals surface area contributed by atoms with E-state index >= 15 is 0 Å². The van der Waals surface area contributed by atoms with Gasteiger partial charge >= 0.3 is 5.97 Å². The first-order valence-electron chi connectivity index (χ1n) is 8.05. The molecule has 7 nitrogen and oxygen atoms in total. The van der Waals surface area contributed by atoms with Crippen molar-refractivity contribution in [3.05, 3.63) is 47.3 Å². The summed E-state index contributed by atoms with van der Waals surface area (Å²) in [6, 6.07) is 3.71. The molecule has 0 aromatic carbocycles. The van der Waals surface area contributed by atoms with Gasteiger partial charge in [0, 0.05) is 36.9 Å². The summed E-state index contributed by atoms with van der Waals surface area (Å²) in [5.41, 5.74) is 1.40. The summed E-state index contributed by atoms with van der Waals surface area (Å²) in [5, 5.41) is 0.862. The Morgan fingerprint density at radius 2 is 2.24 bits per heavy atom. The molecular formula is C18H19N3O4. The number of allylic oxidation sites excluding steroid dienone is 1. The molecule has 0 unspecified atom stereocenters. The first kappa shape index (κ1) is 16.8. The first-order chi connectivity index (χ1) is 12.1. The van der Waals surface area contributed by atoms with E-state index in [4.69, 9.17) is 9.47 Å². The van der Waals surface area contributed by atoms with Gasteiger partial charge in [0.05, 0.1) is 6.61 Å². The van der Waals surface area contributed by atoms with E-state index in [-0.39, 0.29) is 23.8 Å². The number of pyridine rings is 1. The molecule has 0 radical (unpaired) electrons. The molecule has 0 aliphatic carbocycles. The number of Topliss-reactive ketones (excluding diaryl/α,β-unsaturated/α-hetero) is 1. The Hall–Kier alpha value is -3.09. The van der Waals surface area contributed by atoms with E-state index in [1.807, 2.05) is 19.1 Å². The molecular weight excluding hydrogens is 322 g/mol. The molecule has 1 aliphatic heterocycles. The maximum atomic E-state index is 12.7. The van der Waals surface area contributed by atoms with Gasteiger partial charge in [0.15, 0.2) is 11.3 Å². The second kappa shape index (κ2) is 6.80. The molecule has 0 atom stereocenters. The van der Waals surface area contributed by atoms with E-state index < -0.39 is 11.8 Å². The van der Waals surface area contributed by atoms with Gasteiger partial charge in [-0.3, -0.25) is 4.79 Å². The van der Waals surface area contributed by atoms with Gasteiger partial charge in [0.25, 0.3) is 0 Å². The Bertz CT molecular complexity index is 895. The van der Waals surface area contributed by atoms with Crippen molar-refractivity contribution in [2.75, 3.05) is 20.2 Å². The number of nitrogens with one attached hydrogen (secondary N) is 1. The van der Waals surface area contributed by atoms with Crippen LogP contribution in [0.1, 0.15) is 19.4 Å². The van der Waals surface area contributed by atoms with Crippen LogP contribution in [-0.2, 0) is 19.1 Å². The molecule has 130 valence electrons. The summed E-state index contributed by atoms with van der Waals surface area (Å²) >= 11 is 0. The minimum Gasteiger partial charge on any atom is -0.462 e. The Kier molecular flexibility index (Phi) is 4.56. The highest BCUT2D eigenvalue weighted by Gasteiger charge is 2.38. The average Bonchev–Trinajstić information content (AvgIpc) is 3.17. The molecule has 0 bridgehead atoms. The van der Waals surface area contributed by atoms with Crippen molar-refractivity contribution in [2.24, 2.45) is 0 Å². The summed E-state index contributed by atoms with van der Waals surface area (Å²) in [6.07, 6.45) is 5.03. The molecule has 3 rings (SSSR count). The Balaban J connectivity index is 2.00. The predicted molar refractivity (Wildman–Crippen MR) is 92.1 cm³/mol. The van der Waals surface area contributed by atoms with Crippen LogP contribution in [0.5, 0.6) is 0 Å². The number of esters is 1. The largest absolute Gasteiger partial charge is 0.462 e. The maximum absolute atomic E-state index is 12.7. The normalized spacial score (nSPS) is 15.8. The molecule has 0 fully saturated rings. The van der Waals surface area contributed by atoms with E-state index in [9.17, 15) is 9.59 Å². The minimum absolute atomic E-state index is 0.0737. The smallest absolute Gasteiger partial charge is 0.347 e. The van der Waals surface area contributed by atoms with Crippen LogP contribution in [0.3, 0.4) is 0 Å². The number of rotatable bonds is 5. The maximum Gasteiger partial charge on any atom is 0.347 e. The van der Waals surface area contributed by atoms with Crippen molar-refractivity contribution >= 4 is 28.9 Å². The number of nitrogens with zero attached hydrogens (tertiary/aromatic N) is 2. The number of hydrogen-bond acceptors (Lipinski definition) is 6. The van der Waals surface area contributed by atoms with E-state index in [1.165, 1.54) is 0 Å². The fraction of sp³-hybridized carbons (Fsp3) is 0.278. The zero-order chi connectivity index (χ0) is 18.0. The highest BCUT2D eigenvalue weighted by molar-refractivity contribution is 6.26. The number of carbonyl (C=O) groups excluding carboxylic acids is 2. The van der Waals surface area contributed by atoms with Crippen LogP contribution in [0.25, 0.3) is 17.1 Å². The summed E-state index contributed by atoms with van der Waals surface area (Å²) in [4.78, 5) is 33.9. The second-order valence-corrected chi connectivity index (χ2v) is 5.50. The molecule has 0 saturated carbocycles. The quantitative estimate of drug-likeness (QED) is 0.510. The Morgan fingerprint density at radius 1 is 1.44 bits per heavy atom.